The third kappa shape index (κ3) is 2.33. The quantitative estimate of drug-likeness (QED) is 0.904. The number of nitrogens with one attached hydrogen (secondary N) is 1. The zero-order valence-corrected chi connectivity index (χ0v) is 11.4. The molecule has 20 heavy (non-hydrogen) atoms. The number of alkyl halides is 2. The molecule has 0 amide bonds. The molecule has 0 saturated heterocycles. The molecule has 1 unspecified atom stereocenters. The van der Waals surface area contributed by atoms with Gasteiger partial charge in [-0.25, -0.2) is 13.5 Å². The van der Waals surface area contributed by atoms with Gasteiger partial charge in [0.15, 0.2) is 0 Å². The van der Waals surface area contributed by atoms with E-state index in [0.29, 0.717) is 22.5 Å². The number of hydrogen-bond acceptors (Lipinski definition) is 2. The van der Waals surface area contributed by atoms with Crippen LogP contribution in [0.5, 0.6) is 0 Å². The predicted molar refractivity (Wildman–Crippen MR) is 74.1 cm³/mol. The largest absolute Gasteiger partial charge is 0.384 e. The fraction of sp³-hybridized carbons (Fsp3) is 0.357. The van der Waals surface area contributed by atoms with Gasteiger partial charge in [0.2, 0.25) is 0 Å². The van der Waals surface area contributed by atoms with Crippen LogP contribution in [0.3, 0.4) is 0 Å². The Morgan fingerprint density at radius 3 is 2.45 bits per heavy atom. The molecule has 1 atom stereocenters. The molecule has 3 N–H and O–H groups in total. The van der Waals surface area contributed by atoms with Crippen molar-refractivity contribution >= 4 is 5.82 Å². The van der Waals surface area contributed by atoms with Gasteiger partial charge in [-0.2, -0.15) is 0 Å². The van der Waals surface area contributed by atoms with Crippen LogP contribution in [0.15, 0.2) is 23.0 Å². The molecule has 6 heteroatoms. The van der Waals surface area contributed by atoms with E-state index in [4.69, 9.17) is 5.73 Å². The Balaban J connectivity index is 2.45. The molecule has 0 radical (unpaired) electrons. The molecule has 0 saturated carbocycles. The van der Waals surface area contributed by atoms with Gasteiger partial charge in [0, 0.05) is 0 Å². The average Bonchev–Trinajstić information content (AvgIpc) is 2.73. The highest BCUT2D eigenvalue weighted by molar-refractivity contribution is 5.37. The van der Waals surface area contributed by atoms with E-state index in [0.717, 1.165) is 5.56 Å². The third-order valence-corrected chi connectivity index (χ3v) is 3.57. The Kier molecular flexibility index (Phi) is 3.92. The van der Waals surface area contributed by atoms with Gasteiger partial charge in [0.05, 0.1) is 11.6 Å². The van der Waals surface area contributed by atoms with Gasteiger partial charge in [-0.1, -0.05) is 18.2 Å². The lowest BCUT2D eigenvalue weighted by atomic mass is 10.0. The summed E-state index contributed by atoms with van der Waals surface area (Å²) in [5, 5.41) is 2.79. The van der Waals surface area contributed by atoms with Crippen LogP contribution in [-0.4, -0.2) is 9.78 Å². The maximum absolute atomic E-state index is 12.9. The van der Waals surface area contributed by atoms with Crippen LogP contribution in [0, 0.1) is 6.92 Å². The van der Waals surface area contributed by atoms with E-state index in [1.807, 2.05) is 0 Å². The second-order valence-corrected chi connectivity index (χ2v) is 4.80. The van der Waals surface area contributed by atoms with E-state index in [9.17, 15) is 13.6 Å². The van der Waals surface area contributed by atoms with Crippen LogP contribution < -0.4 is 11.3 Å². The first kappa shape index (κ1) is 14.3. The summed E-state index contributed by atoms with van der Waals surface area (Å²) in [6, 6.07) is 4.48. The predicted octanol–water partition coefficient (Wildman–Crippen LogP) is 2.62. The molecule has 1 heterocycles. The van der Waals surface area contributed by atoms with E-state index < -0.39 is 13.3 Å². The summed E-state index contributed by atoms with van der Waals surface area (Å²) in [6.07, 6.45) is 0. The van der Waals surface area contributed by atoms with Crippen molar-refractivity contribution in [1.82, 2.24) is 9.78 Å². The molecule has 108 valence electrons. The highest BCUT2D eigenvalue weighted by atomic mass is 19.1. The van der Waals surface area contributed by atoms with E-state index in [1.165, 1.54) is 4.68 Å². The van der Waals surface area contributed by atoms with E-state index in [2.05, 4.69) is 5.10 Å². The molecular weight excluding hydrogens is 264 g/mol. The smallest absolute Gasteiger partial charge is 0.272 e. The van der Waals surface area contributed by atoms with Crippen LogP contribution in [-0.2, 0) is 13.3 Å². The van der Waals surface area contributed by atoms with Gasteiger partial charge in [0.1, 0.15) is 19.2 Å². The van der Waals surface area contributed by atoms with Crippen molar-refractivity contribution in [1.29, 1.82) is 0 Å². The summed E-state index contributed by atoms with van der Waals surface area (Å²) in [5.41, 5.74) is 7.26. The molecule has 2 rings (SSSR count). The summed E-state index contributed by atoms with van der Waals surface area (Å²) in [5.74, 6) is 0.313. The molecular formula is C14H17F2N3O. The number of nitrogens with zero attached hydrogens (tertiary/aromatic N) is 1. The number of nitrogen functional groups attached to an aromatic ring is 1. The molecule has 1 aromatic carbocycles. The lowest BCUT2D eigenvalue weighted by Crippen LogP contribution is -2.22. The van der Waals surface area contributed by atoms with Crippen LogP contribution in [0.2, 0.25) is 0 Å². The first-order valence-corrected chi connectivity index (χ1v) is 6.29. The first-order chi connectivity index (χ1) is 9.49. The number of H-pyrrole nitrogens is 1. The molecule has 0 bridgehead atoms. The number of anilines is 1. The number of halogens is 2. The minimum Gasteiger partial charge on any atom is -0.384 e. The first-order valence-electron chi connectivity index (χ1n) is 6.29. The van der Waals surface area contributed by atoms with Gasteiger partial charge >= 0.3 is 0 Å². The lowest BCUT2D eigenvalue weighted by molar-refractivity contribution is 0.453. The van der Waals surface area contributed by atoms with E-state index >= 15 is 0 Å². The van der Waals surface area contributed by atoms with Crippen LogP contribution in [0.25, 0.3) is 0 Å². The number of aromatic amines is 1. The van der Waals surface area contributed by atoms with Crippen LogP contribution in [0.4, 0.5) is 14.6 Å². The second-order valence-electron chi connectivity index (χ2n) is 4.80. The molecule has 2 aromatic rings. The summed E-state index contributed by atoms with van der Waals surface area (Å²) in [4.78, 5) is 12.0. The average molecular weight is 281 g/mol. The fourth-order valence-corrected chi connectivity index (χ4v) is 2.14. The van der Waals surface area contributed by atoms with E-state index in [-0.39, 0.29) is 11.6 Å². The standard InChI is InChI=1S/C14H17F2N3O/c1-8-13(17)18-19(14(8)20)9(2)10-3-4-11(6-15)12(5-10)7-16/h3-5,9,18H,6-7,17H2,1-2H3. The summed E-state index contributed by atoms with van der Waals surface area (Å²) >= 11 is 0. The van der Waals surface area contributed by atoms with Crippen molar-refractivity contribution in [2.24, 2.45) is 0 Å². The van der Waals surface area contributed by atoms with Crippen LogP contribution >= 0.6 is 0 Å². The van der Waals surface area contributed by atoms with Crippen molar-refractivity contribution in [3.05, 3.63) is 50.8 Å². The van der Waals surface area contributed by atoms with E-state index in [1.54, 1.807) is 32.0 Å². The number of rotatable bonds is 4. The minimum absolute atomic E-state index is 0.216. The molecule has 1 aromatic heterocycles. The second kappa shape index (κ2) is 5.48. The van der Waals surface area contributed by atoms with Crippen molar-refractivity contribution in [3.63, 3.8) is 0 Å². The van der Waals surface area contributed by atoms with Gasteiger partial charge in [-0.3, -0.25) is 9.89 Å². The maximum Gasteiger partial charge on any atom is 0.272 e. The van der Waals surface area contributed by atoms with Crippen molar-refractivity contribution in [2.75, 3.05) is 5.73 Å². The number of nitrogens with two attached hydrogens (primary N) is 1. The summed E-state index contributed by atoms with van der Waals surface area (Å²) in [7, 11) is 0. The summed E-state index contributed by atoms with van der Waals surface area (Å²) in [6.45, 7) is 1.99. The molecule has 0 aliphatic rings. The Hall–Kier alpha value is -2.11. The third-order valence-electron chi connectivity index (χ3n) is 3.57. The van der Waals surface area contributed by atoms with Crippen molar-refractivity contribution in [3.8, 4) is 0 Å². The SMILES string of the molecule is Cc1c(N)[nH]n(C(C)c2ccc(CF)c(CF)c2)c1=O. The normalized spacial score (nSPS) is 12.6. The number of aromatic nitrogens is 2. The van der Waals surface area contributed by atoms with Gasteiger partial charge in [-0.05, 0) is 30.5 Å². The van der Waals surface area contributed by atoms with Gasteiger partial charge in [0.25, 0.3) is 5.56 Å². The zero-order valence-electron chi connectivity index (χ0n) is 11.4. The Morgan fingerprint density at radius 2 is 1.95 bits per heavy atom. The van der Waals surface area contributed by atoms with Crippen molar-refractivity contribution in [2.45, 2.75) is 33.2 Å². The fourth-order valence-electron chi connectivity index (χ4n) is 2.14. The van der Waals surface area contributed by atoms with Crippen LogP contribution in [0.1, 0.15) is 35.2 Å². The molecule has 0 fully saturated rings. The van der Waals surface area contributed by atoms with Gasteiger partial charge < -0.3 is 5.73 Å². The Labute approximate surface area is 115 Å². The minimum atomic E-state index is -0.736. The maximum atomic E-state index is 12.9. The molecule has 0 aliphatic heterocycles. The molecule has 0 spiro atoms. The Morgan fingerprint density at radius 1 is 1.30 bits per heavy atom. The summed E-state index contributed by atoms with van der Waals surface area (Å²) < 4.78 is 27.0. The Bertz CT molecular complexity index is 676. The zero-order chi connectivity index (χ0) is 14.9. The lowest BCUT2D eigenvalue weighted by Gasteiger charge is -2.15. The molecule has 4 nitrogen and oxygen atoms in total. The van der Waals surface area contributed by atoms with Gasteiger partial charge in [-0.15, -0.1) is 0 Å². The topological polar surface area (TPSA) is 63.8 Å². The number of hydrogen-bond donors (Lipinski definition) is 2. The number of benzene rings is 1. The van der Waals surface area contributed by atoms with Crippen molar-refractivity contribution < 1.29 is 8.78 Å². The highest BCUT2D eigenvalue weighted by Crippen LogP contribution is 2.22. The monoisotopic (exact) mass is 281 g/mol. The molecule has 0 aliphatic carbocycles. The highest BCUT2D eigenvalue weighted by Gasteiger charge is 2.16.